The molecule has 8 atom stereocenters. The number of hydrogen-bond acceptors (Lipinski definition) is 10. The third-order valence-electron chi connectivity index (χ3n) is 12.4. The summed E-state index contributed by atoms with van der Waals surface area (Å²) in [7, 11) is 0. The van der Waals surface area contributed by atoms with Crippen molar-refractivity contribution in [3.8, 4) is 0 Å². The van der Waals surface area contributed by atoms with E-state index in [-0.39, 0.29) is 19.4 Å². The minimum atomic E-state index is -1.63. The van der Waals surface area contributed by atoms with Gasteiger partial charge in [0, 0.05) is 12.8 Å². The first-order valence-corrected chi connectivity index (χ1v) is 27.2. The lowest BCUT2D eigenvalue weighted by Gasteiger charge is -2.41. The predicted molar refractivity (Wildman–Crippen MR) is 278 cm³/mol. The lowest BCUT2D eigenvalue weighted by molar-refractivity contribution is -0.305. The molecule has 68 heavy (non-hydrogen) atoms. The van der Waals surface area contributed by atoms with Crippen LogP contribution in [-0.2, 0) is 23.8 Å². The SMILES string of the molecule is CC/C=C/C/C=C/C/C=C/CCCCCCC(=O)OC1C(OCC(NC(=O)C(O)C/C=C/C/C=C\CCCCCCCC)C(O)/C=C/CCCCCCCCCCCCC)OC(CO)C(O)C1O. The summed E-state index contributed by atoms with van der Waals surface area (Å²) in [6, 6.07) is -1.06. The largest absolute Gasteiger partial charge is 0.454 e. The Morgan fingerprint density at radius 1 is 0.588 bits per heavy atom. The molecule has 392 valence electrons. The van der Waals surface area contributed by atoms with Crippen molar-refractivity contribution < 1.29 is 49.3 Å². The van der Waals surface area contributed by atoms with E-state index < -0.39 is 67.4 Å². The zero-order chi connectivity index (χ0) is 49.7. The van der Waals surface area contributed by atoms with Crippen LogP contribution in [-0.4, -0.2) is 99.6 Å². The lowest BCUT2D eigenvalue weighted by Crippen LogP contribution is -2.61. The molecule has 0 aromatic heterocycles. The van der Waals surface area contributed by atoms with Crippen LogP contribution >= 0.6 is 0 Å². The normalized spacial score (nSPS) is 20.5. The highest BCUT2D eigenvalue weighted by molar-refractivity contribution is 5.81. The van der Waals surface area contributed by atoms with Crippen LogP contribution in [0.5, 0.6) is 0 Å². The summed E-state index contributed by atoms with van der Waals surface area (Å²) in [4.78, 5) is 26.3. The molecule has 1 rings (SSSR count). The Morgan fingerprint density at radius 2 is 1.06 bits per heavy atom. The zero-order valence-corrected chi connectivity index (χ0v) is 43.0. The molecule has 0 aliphatic carbocycles. The summed E-state index contributed by atoms with van der Waals surface area (Å²) in [6.07, 6.45) is 45.4. The van der Waals surface area contributed by atoms with Crippen LogP contribution < -0.4 is 5.32 Å². The molecule has 11 heteroatoms. The van der Waals surface area contributed by atoms with Crippen molar-refractivity contribution in [2.45, 2.75) is 262 Å². The average molecular weight is 958 g/mol. The van der Waals surface area contributed by atoms with Crippen molar-refractivity contribution in [1.82, 2.24) is 5.32 Å². The van der Waals surface area contributed by atoms with Gasteiger partial charge in [0.15, 0.2) is 12.4 Å². The van der Waals surface area contributed by atoms with Crippen molar-refractivity contribution in [2.75, 3.05) is 13.2 Å². The van der Waals surface area contributed by atoms with Gasteiger partial charge in [-0.25, -0.2) is 0 Å². The number of ether oxygens (including phenoxy) is 3. The van der Waals surface area contributed by atoms with Gasteiger partial charge < -0.3 is 45.1 Å². The van der Waals surface area contributed by atoms with E-state index in [4.69, 9.17) is 14.2 Å². The number of allylic oxidation sites excluding steroid dienone is 10. The molecule has 11 nitrogen and oxygen atoms in total. The second kappa shape index (κ2) is 45.3. The number of aliphatic hydroxyl groups is 5. The minimum Gasteiger partial charge on any atom is -0.454 e. The number of rotatable bonds is 44. The Balaban J connectivity index is 2.82. The van der Waals surface area contributed by atoms with E-state index >= 15 is 0 Å². The molecule has 0 bridgehead atoms. The van der Waals surface area contributed by atoms with E-state index in [0.29, 0.717) is 12.8 Å². The number of nitrogens with one attached hydrogen (secondary N) is 1. The predicted octanol–water partition coefficient (Wildman–Crippen LogP) is 11.7. The van der Waals surface area contributed by atoms with Gasteiger partial charge in [-0.15, -0.1) is 0 Å². The first-order chi connectivity index (χ1) is 33.2. The van der Waals surface area contributed by atoms with Gasteiger partial charge in [-0.1, -0.05) is 203 Å². The number of hydrogen-bond donors (Lipinski definition) is 6. The summed E-state index contributed by atoms with van der Waals surface area (Å²) >= 11 is 0. The fraction of sp³-hybridized carbons (Fsp3) is 0.754. The van der Waals surface area contributed by atoms with E-state index in [0.717, 1.165) is 77.0 Å². The smallest absolute Gasteiger partial charge is 0.306 e. The Morgan fingerprint density at radius 3 is 1.59 bits per heavy atom. The van der Waals surface area contributed by atoms with Gasteiger partial charge in [0.1, 0.15) is 24.4 Å². The quantitative estimate of drug-likeness (QED) is 0.0196. The fourth-order valence-electron chi connectivity index (χ4n) is 8.00. The highest BCUT2D eigenvalue weighted by Crippen LogP contribution is 2.26. The van der Waals surface area contributed by atoms with E-state index in [1.165, 1.54) is 89.9 Å². The number of carbonyl (C=O) groups is 2. The van der Waals surface area contributed by atoms with Crippen LogP contribution in [0.25, 0.3) is 0 Å². The number of esters is 1. The van der Waals surface area contributed by atoms with E-state index in [1.807, 2.05) is 12.2 Å². The highest BCUT2D eigenvalue weighted by atomic mass is 16.7. The molecule has 0 spiro atoms. The highest BCUT2D eigenvalue weighted by Gasteiger charge is 2.47. The summed E-state index contributed by atoms with van der Waals surface area (Å²) in [6.45, 7) is 5.58. The van der Waals surface area contributed by atoms with Crippen molar-refractivity contribution in [3.05, 3.63) is 72.9 Å². The number of carbonyl (C=O) groups excluding carboxylic acids is 2. The molecule has 0 saturated carbocycles. The first kappa shape index (κ1) is 63.1. The maximum atomic E-state index is 13.3. The van der Waals surface area contributed by atoms with E-state index in [9.17, 15) is 35.1 Å². The maximum absolute atomic E-state index is 13.3. The Bertz CT molecular complexity index is 1380. The Labute approximate surface area is 413 Å². The second-order valence-electron chi connectivity index (χ2n) is 18.6. The molecule has 1 heterocycles. The third kappa shape index (κ3) is 33.6. The van der Waals surface area contributed by atoms with Gasteiger partial charge in [0.05, 0.1) is 25.4 Å². The van der Waals surface area contributed by atoms with Crippen LogP contribution in [0.4, 0.5) is 0 Å². The summed E-state index contributed by atoms with van der Waals surface area (Å²) < 4.78 is 17.5. The molecular weight excluding hydrogens is 859 g/mol. The molecule has 0 radical (unpaired) electrons. The fourth-order valence-corrected chi connectivity index (χ4v) is 8.00. The summed E-state index contributed by atoms with van der Waals surface area (Å²) in [5.74, 6) is -1.30. The minimum absolute atomic E-state index is 0.0774. The Kier molecular flexibility index (Phi) is 42.0. The van der Waals surface area contributed by atoms with Crippen LogP contribution in [0.2, 0.25) is 0 Å². The number of amides is 1. The summed E-state index contributed by atoms with van der Waals surface area (Å²) in [5.41, 5.74) is 0. The monoisotopic (exact) mass is 958 g/mol. The topological polar surface area (TPSA) is 175 Å². The Hall–Kier alpha value is -2.90. The van der Waals surface area contributed by atoms with E-state index in [1.54, 1.807) is 12.2 Å². The van der Waals surface area contributed by atoms with Gasteiger partial charge in [-0.2, -0.15) is 0 Å². The molecule has 1 saturated heterocycles. The zero-order valence-electron chi connectivity index (χ0n) is 43.0. The van der Waals surface area contributed by atoms with Gasteiger partial charge in [0.25, 0.3) is 0 Å². The van der Waals surface area contributed by atoms with Gasteiger partial charge in [-0.05, 0) is 70.6 Å². The number of aliphatic hydroxyl groups excluding tert-OH is 5. The average Bonchev–Trinajstić information content (AvgIpc) is 3.33. The van der Waals surface area contributed by atoms with Crippen LogP contribution in [0.1, 0.15) is 213 Å². The first-order valence-electron chi connectivity index (χ1n) is 27.2. The standard InChI is InChI=1S/C57H99NO10/c1-4-7-10-13-16-19-22-25-27-30-33-36-39-42-45-52(62)68-55-54(64)53(63)51(46-59)67-57(55)66-47-48(49(60)43-40-37-34-31-29-26-23-20-17-14-11-8-5-2)58-56(65)50(61)44-41-38-35-32-28-24-21-18-15-12-9-6-3/h7,10,16,19,25,27-28,32,38,40-41,43,48-51,53-55,57,59-61,63-64H,4-6,8-9,11-15,17-18,20-24,26,29-31,33-37,39,42,44-47H2,1-3H3,(H,58,65)/b10-7+,19-16+,27-25+,32-28-,41-38+,43-40+. The molecule has 1 aliphatic rings. The molecule has 6 N–H and O–H groups in total. The third-order valence-corrected chi connectivity index (χ3v) is 12.4. The molecular formula is C57H99NO10. The number of unbranched alkanes of at least 4 members (excludes halogenated alkanes) is 21. The van der Waals surface area contributed by atoms with Crippen molar-refractivity contribution in [2.24, 2.45) is 0 Å². The van der Waals surface area contributed by atoms with Crippen molar-refractivity contribution in [1.29, 1.82) is 0 Å². The van der Waals surface area contributed by atoms with Crippen molar-refractivity contribution >= 4 is 11.9 Å². The second-order valence-corrected chi connectivity index (χ2v) is 18.6. The van der Waals surface area contributed by atoms with Crippen LogP contribution in [0.3, 0.4) is 0 Å². The molecule has 0 aromatic rings. The maximum Gasteiger partial charge on any atom is 0.306 e. The van der Waals surface area contributed by atoms with Crippen LogP contribution in [0, 0.1) is 0 Å². The van der Waals surface area contributed by atoms with Gasteiger partial charge in [-0.3, -0.25) is 9.59 Å². The van der Waals surface area contributed by atoms with Gasteiger partial charge in [0.2, 0.25) is 5.91 Å². The lowest BCUT2D eigenvalue weighted by atomic mass is 9.99. The van der Waals surface area contributed by atoms with Crippen LogP contribution in [0.15, 0.2) is 72.9 Å². The van der Waals surface area contributed by atoms with Gasteiger partial charge >= 0.3 is 5.97 Å². The molecule has 0 aromatic carbocycles. The molecule has 1 amide bonds. The summed E-state index contributed by atoms with van der Waals surface area (Å²) in [5, 5.41) is 56.5. The van der Waals surface area contributed by atoms with Crippen molar-refractivity contribution in [3.63, 3.8) is 0 Å². The molecule has 1 fully saturated rings. The van der Waals surface area contributed by atoms with E-state index in [2.05, 4.69) is 74.7 Å². The molecule has 8 unspecified atom stereocenters. The molecule has 1 aliphatic heterocycles.